The van der Waals surface area contributed by atoms with Crippen LogP contribution in [0.3, 0.4) is 0 Å². The van der Waals surface area contributed by atoms with Gasteiger partial charge in [0.05, 0.1) is 7.11 Å². The Morgan fingerprint density at radius 3 is 2.55 bits per heavy atom. The van der Waals surface area contributed by atoms with Gasteiger partial charge in [0.25, 0.3) is 5.91 Å². The van der Waals surface area contributed by atoms with E-state index in [1.807, 2.05) is 30.3 Å². The molecule has 1 amide bonds. The number of rotatable bonds is 7. The number of amides is 1. The molecule has 0 atom stereocenters. The molecule has 0 spiro atoms. The van der Waals surface area contributed by atoms with Gasteiger partial charge in [-0.2, -0.15) is 0 Å². The molecule has 1 heterocycles. The Bertz CT molecular complexity index is 1020. The maximum absolute atomic E-state index is 12.4. The summed E-state index contributed by atoms with van der Waals surface area (Å²) >= 11 is 0. The third-order valence-electron chi connectivity index (χ3n) is 4.75. The van der Waals surface area contributed by atoms with E-state index >= 15 is 0 Å². The highest BCUT2D eigenvalue weighted by Crippen LogP contribution is 2.24. The van der Waals surface area contributed by atoms with Gasteiger partial charge in [-0.15, -0.1) is 0 Å². The van der Waals surface area contributed by atoms with Crippen LogP contribution in [0.15, 0.2) is 58.6 Å². The zero-order chi connectivity index (χ0) is 21.0. The molecule has 6 nitrogen and oxygen atoms in total. The van der Waals surface area contributed by atoms with E-state index in [1.165, 1.54) is 5.70 Å². The Labute approximate surface area is 170 Å². The Kier molecular flexibility index (Phi) is 6.22. The highest BCUT2D eigenvalue weighted by molar-refractivity contribution is 6.72. The largest absolute Gasteiger partial charge is 0.497 e. The number of fused-ring (bicyclic) bond motifs is 1. The van der Waals surface area contributed by atoms with Crippen LogP contribution in [0, 0.1) is 0 Å². The molecule has 0 aliphatic rings. The summed E-state index contributed by atoms with van der Waals surface area (Å²) in [5, 5.41) is 3.65. The first-order chi connectivity index (χ1) is 13.8. The van der Waals surface area contributed by atoms with Crippen LogP contribution in [0.5, 0.6) is 5.75 Å². The van der Waals surface area contributed by atoms with E-state index in [2.05, 4.69) is 5.32 Å². The molecule has 7 heteroatoms. The van der Waals surface area contributed by atoms with Crippen molar-refractivity contribution in [3.63, 3.8) is 0 Å². The molecular formula is C22H25NO5Si. The van der Waals surface area contributed by atoms with Gasteiger partial charge < -0.3 is 24.1 Å². The van der Waals surface area contributed by atoms with Crippen molar-refractivity contribution in [3.8, 4) is 5.75 Å². The van der Waals surface area contributed by atoms with Crippen LogP contribution in [0.1, 0.15) is 35.5 Å². The third-order valence-corrected chi connectivity index (χ3v) is 7.11. The predicted octanol–water partition coefficient (Wildman–Crippen LogP) is 3.76. The van der Waals surface area contributed by atoms with E-state index in [9.17, 15) is 14.4 Å². The summed E-state index contributed by atoms with van der Waals surface area (Å²) in [4.78, 5) is 32.4. The van der Waals surface area contributed by atoms with Crippen LogP contribution in [0.4, 0.5) is 0 Å². The summed E-state index contributed by atoms with van der Waals surface area (Å²) in [5.41, 5.74) is 3.75. The second-order valence-corrected chi connectivity index (χ2v) is 10.3. The number of hydrogen-bond donors (Lipinski definition) is 3. The van der Waals surface area contributed by atoms with Gasteiger partial charge >= 0.3 is 8.56 Å². The normalized spacial score (nSPS) is 12.1. The Morgan fingerprint density at radius 1 is 1.17 bits per heavy atom. The van der Waals surface area contributed by atoms with Gasteiger partial charge in [0, 0.05) is 17.5 Å². The molecule has 0 aliphatic heterocycles. The van der Waals surface area contributed by atoms with Crippen molar-refractivity contribution in [2.45, 2.75) is 25.9 Å². The number of carbonyl (C=O) groups excluding carboxylic acids is 1. The van der Waals surface area contributed by atoms with Gasteiger partial charge in [0.2, 0.25) is 0 Å². The molecule has 0 unspecified atom stereocenters. The molecule has 3 aromatic rings. The lowest BCUT2D eigenvalue weighted by atomic mass is 10.1. The van der Waals surface area contributed by atoms with Gasteiger partial charge in [0.15, 0.2) is 5.76 Å². The number of nitrogens with one attached hydrogen (secondary N) is 1. The van der Waals surface area contributed by atoms with Crippen LogP contribution < -0.4 is 10.1 Å². The third kappa shape index (κ3) is 5.14. The average Bonchev–Trinajstić information content (AvgIpc) is 3.14. The fourth-order valence-corrected chi connectivity index (χ4v) is 3.51. The van der Waals surface area contributed by atoms with Crippen LogP contribution in [-0.4, -0.2) is 31.2 Å². The highest BCUT2D eigenvalue weighted by atomic mass is 28.4. The molecule has 0 fully saturated rings. The molecule has 1 aromatic heterocycles. The van der Waals surface area contributed by atoms with Crippen molar-refractivity contribution in [2.75, 3.05) is 7.11 Å². The molecule has 0 saturated heterocycles. The number of hydrogen-bond acceptors (Lipinski definition) is 5. The number of ether oxygens (including phenoxy) is 1. The minimum atomic E-state index is -3.32. The number of carbonyl (C=O) groups is 1. The fourth-order valence-electron chi connectivity index (χ4n) is 2.69. The quantitative estimate of drug-likeness (QED) is 0.515. The van der Waals surface area contributed by atoms with Crippen molar-refractivity contribution in [2.24, 2.45) is 0 Å². The molecule has 0 aliphatic carbocycles. The number of furan rings is 1. The summed E-state index contributed by atoms with van der Waals surface area (Å²) in [5.74, 6) is 0.654. The second kappa shape index (κ2) is 8.65. The maximum atomic E-state index is 12.4. The number of methoxy groups -OCH3 is 1. The summed E-state index contributed by atoms with van der Waals surface area (Å²) < 4.78 is 10.8. The summed E-state index contributed by atoms with van der Waals surface area (Å²) in [6.07, 6.45) is 1.72. The second-order valence-electron chi connectivity index (χ2n) is 7.21. The molecule has 3 N–H and O–H groups in total. The number of benzene rings is 2. The monoisotopic (exact) mass is 411 g/mol. The Balaban J connectivity index is 1.61. The lowest BCUT2D eigenvalue weighted by Gasteiger charge is -2.17. The molecule has 0 radical (unpaired) electrons. The molecule has 2 aromatic carbocycles. The van der Waals surface area contributed by atoms with Crippen molar-refractivity contribution >= 4 is 31.5 Å². The standard InChI is InChI=1S/C22H25NO5Si/c1-15(2)29(25,26)11-10-16-4-6-17(7-5-16)14-23-22(24)21-13-18-12-19(27-3)8-9-20(18)28-21/h4-13,15,25-26H,14H2,1-3H3,(H,23,24)/b11-10+. The SMILES string of the molecule is COc1ccc2oc(C(=O)NCc3ccc(/C=C/[Si](O)(O)C(C)C)cc3)cc2c1. The molecular weight excluding hydrogens is 386 g/mol. The van der Waals surface area contributed by atoms with E-state index in [0.29, 0.717) is 17.9 Å². The molecule has 0 saturated carbocycles. The summed E-state index contributed by atoms with van der Waals surface area (Å²) in [7, 11) is -1.73. The smallest absolute Gasteiger partial charge is 0.362 e. The Morgan fingerprint density at radius 2 is 1.90 bits per heavy atom. The van der Waals surface area contributed by atoms with Gasteiger partial charge in [-0.25, -0.2) is 0 Å². The van der Waals surface area contributed by atoms with E-state index in [0.717, 1.165) is 16.5 Å². The van der Waals surface area contributed by atoms with Crippen molar-refractivity contribution in [3.05, 3.63) is 71.1 Å². The Hall–Kier alpha value is -2.87. The van der Waals surface area contributed by atoms with Gasteiger partial charge in [-0.1, -0.05) is 44.2 Å². The first-order valence-electron chi connectivity index (χ1n) is 9.37. The van der Waals surface area contributed by atoms with Crippen LogP contribution in [-0.2, 0) is 6.54 Å². The lowest BCUT2D eigenvalue weighted by molar-refractivity contribution is 0.0925. The van der Waals surface area contributed by atoms with E-state index in [4.69, 9.17) is 9.15 Å². The molecule has 0 bridgehead atoms. The zero-order valence-corrected chi connectivity index (χ0v) is 17.7. The van der Waals surface area contributed by atoms with E-state index in [-0.39, 0.29) is 17.2 Å². The molecule has 152 valence electrons. The fraction of sp³-hybridized carbons (Fsp3) is 0.227. The molecule has 3 rings (SSSR count). The minimum absolute atomic E-state index is 0.174. The van der Waals surface area contributed by atoms with Crippen molar-refractivity contribution < 1.29 is 23.5 Å². The van der Waals surface area contributed by atoms with E-state index < -0.39 is 8.56 Å². The zero-order valence-electron chi connectivity index (χ0n) is 16.7. The van der Waals surface area contributed by atoms with Crippen LogP contribution in [0.2, 0.25) is 5.54 Å². The summed E-state index contributed by atoms with van der Waals surface area (Å²) in [6.45, 7) is 3.94. The van der Waals surface area contributed by atoms with Gasteiger partial charge in [-0.3, -0.25) is 4.79 Å². The summed E-state index contributed by atoms with van der Waals surface area (Å²) in [6, 6.07) is 14.6. The van der Waals surface area contributed by atoms with Crippen LogP contribution >= 0.6 is 0 Å². The van der Waals surface area contributed by atoms with Crippen molar-refractivity contribution in [1.82, 2.24) is 5.32 Å². The maximum Gasteiger partial charge on any atom is 0.362 e. The molecule has 29 heavy (non-hydrogen) atoms. The average molecular weight is 412 g/mol. The minimum Gasteiger partial charge on any atom is -0.497 e. The first kappa shape index (κ1) is 20.9. The van der Waals surface area contributed by atoms with Crippen molar-refractivity contribution in [1.29, 1.82) is 0 Å². The van der Waals surface area contributed by atoms with Gasteiger partial charge in [0.1, 0.15) is 11.3 Å². The first-order valence-corrected chi connectivity index (χ1v) is 11.4. The topological polar surface area (TPSA) is 91.9 Å². The lowest BCUT2D eigenvalue weighted by Crippen LogP contribution is -2.35. The van der Waals surface area contributed by atoms with E-state index in [1.54, 1.807) is 45.2 Å². The van der Waals surface area contributed by atoms with Crippen LogP contribution in [0.25, 0.3) is 17.0 Å². The highest BCUT2D eigenvalue weighted by Gasteiger charge is 2.29. The predicted molar refractivity (Wildman–Crippen MR) is 115 cm³/mol. The van der Waals surface area contributed by atoms with Gasteiger partial charge in [-0.05, 0) is 41.1 Å².